The van der Waals surface area contributed by atoms with Crippen molar-refractivity contribution in [2.24, 2.45) is 4.99 Å². The van der Waals surface area contributed by atoms with Crippen LogP contribution in [0.1, 0.15) is 6.92 Å². The second-order valence-electron chi connectivity index (χ2n) is 2.73. The lowest BCUT2D eigenvalue weighted by Gasteiger charge is -1.94. The first-order chi connectivity index (χ1) is 6.58. The van der Waals surface area contributed by atoms with Crippen LogP contribution in [0.3, 0.4) is 0 Å². The molecule has 0 fully saturated rings. The quantitative estimate of drug-likeness (QED) is 0.607. The second kappa shape index (κ2) is 2.66. The Balaban J connectivity index is 2.56. The zero-order valence-electron chi connectivity index (χ0n) is 7.24. The van der Waals surface area contributed by atoms with E-state index in [0.717, 1.165) is 0 Å². The number of ketones is 1. The zero-order chi connectivity index (χ0) is 10.3. The molecule has 7 heteroatoms. The highest BCUT2D eigenvalue weighted by atomic mass is 16.1. The lowest BCUT2D eigenvalue weighted by molar-refractivity contribution is -0.111. The minimum absolute atomic E-state index is 0.0244. The number of Topliss-reactive ketones (excluding diaryl/α,β-unsaturated/α-hetero) is 1. The maximum atomic E-state index is 11.2. The summed E-state index contributed by atoms with van der Waals surface area (Å²) in [6.45, 7) is 1.31. The Morgan fingerprint density at radius 2 is 2.21 bits per heavy atom. The van der Waals surface area contributed by atoms with Crippen molar-refractivity contribution in [1.82, 2.24) is 15.3 Å². The molecule has 0 bridgehead atoms. The molecule has 0 amide bonds. The monoisotopic (exact) mass is 192 g/mol. The molecule has 7 nitrogen and oxygen atoms in total. The third-order valence-corrected chi connectivity index (χ3v) is 1.64. The first-order valence-corrected chi connectivity index (χ1v) is 3.79. The largest absolute Gasteiger partial charge is 0.369 e. The molecule has 1 aliphatic rings. The number of anilines is 1. The van der Waals surface area contributed by atoms with Crippen LogP contribution < -0.4 is 16.6 Å². The minimum atomic E-state index is -0.493. The van der Waals surface area contributed by atoms with Crippen LogP contribution in [0.25, 0.3) is 0 Å². The summed E-state index contributed by atoms with van der Waals surface area (Å²) in [4.78, 5) is 31.9. The van der Waals surface area contributed by atoms with Crippen molar-refractivity contribution in [2.75, 3.05) is 5.73 Å². The average molecular weight is 192 g/mol. The zero-order valence-corrected chi connectivity index (χ0v) is 7.24. The number of fused-ring (bicyclic) bond motifs is 1. The molecule has 0 spiro atoms. The van der Waals surface area contributed by atoms with Gasteiger partial charge in [-0.1, -0.05) is 0 Å². The first kappa shape index (κ1) is 8.42. The van der Waals surface area contributed by atoms with E-state index in [-0.39, 0.29) is 29.1 Å². The highest BCUT2D eigenvalue weighted by molar-refractivity contribution is 6.40. The molecule has 0 saturated carbocycles. The van der Waals surface area contributed by atoms with E-state index < -0.39 is 5.56 Å². The van der Waals surface area contributed by atoms with Gasteiger partial charge in [0.15, 0.2) is 23.1 Å². The summed E-state index contributed by atoms with van der Waals surface area (Å²) in [7, 11) is 0. The molecule has 1 aromatic heterocycles. The smallest absolute Gasteiger partial charge is 0.280 e. The summed E-state index contributed by atoms with van der Waals surface area (Å²) in [5.74, 6) is -0.293. The highest BCUT2D eigenvalue weighted by Gasteiger charge is 2.23. The lowest BCUT2D eigenvalue weighted by Crippen LogP contribution is -2.20. The summed E-state index contributed by atoms with van der Waals surface area (Å²) in [6.07, 6.45) is 0. The van der Waals surface area contributed by atoms with Crippen LogP contribution in [0.4, 0.5) is 17.5 Å². The number of carbonyl (C=O) groups excluding carboxylic acids is 1. The number of hydrogen-bond acceptors (Lipinski definition) is 5. The first-order valence-electron chi connectivity index (χ1n) is 3.79. The molecule has 3 N–H and O–H groups in total. The predicted molar refractivity (Wildman–Crippen MR) is 48.8 cm³/mol. The number of nitrogens with one attached hydrogen (secondary N) is 1. The molecule has 0 atom stereocenters. The standard InChI is InChI=1S/C7H6N5O2/c1-2(13)4-9-3-5(10-4)11-7(8)12-6(3)14/h1H3,(H3,8,11,12,14). The van der Waals surface area contributed by atoms with Crippen LogP contribution in [0.15, 0.2) is 9.79 Å². The molecule has 14 heavy (non-hydrogen) atoms. The molecule has 0 saturated heterocycles. The van der Waals surface area contributed by atoms with Crippen LogP contribution in [0.5, 0.6) is 0 Å². The Labute approximate surface area is 78.1 Å². The molecule has 2 rings (SSSR count). The highest BCUT2D eigenvalue weighted by Crippen LogP contribution is 2.23. The number of nitrogens with two attached hydrogens (primary N) is 1. The number of hydrogen-bond donors (Lipinski definition) is 2. The van der Waals surface area contributed by atoms with Gasteiger partial charge in [0, 0.05) is 6.92 Å². The van der Waals surface area contributed by atoms with E-state index in [1.807, 2.05) is 0 Å². The molecule has 0 aromatic carbocycles. The third kappa shape index (κ3) is 1.15. The summed E-state index contributed by atoms with van der Waals surface area (Å²) in [5, 5.41) is 3.73. The normalized spacial score (nSPS) is 13.1. The van der Waals surface area contributed by atoms with Gasteiger partial charge in [-0.15, -0.1) is 0 Å². The van der Waals surface area contributed by atoms with E-state index in [4.69, 9.17) is 5.73 Å². The van der Waals surface area contributed by atoms with Gasteiger partial charge in [0.05, 0.1) is 0 Å². The van der Waals surface area contributed by atoms with Crippen molar-refractivity contribution < 1.29 is 4.79 Å². The van der Waals surface area contributed by atoms with Gasteiger partial charge < -0.3 is 5.73 Å². The Morgan fingerprint density at radius 1 is 1.50 bits per heavy atom. The van der Waals surface area contributed by atoms with E-state index in [0.29, 0.717) is 0 Å². The van der Waals surface area contributed by atoms with E-state index in [1.54, 1.807) is 0 Å². The number of aliphatic imine (C=N–C) groups is 1. The number of nitrogens with zero attached hydrogens (tertiary/aromatic N) is 3. The summed E-state index contributed by atoms with van der Waals surface area (Å²) in [6, 6.07) is 0. The molecule has 2 heterocycles. The van der Waals surface area contributed by atoms with Crippen LogP contribution >= 0.6 is 0 Å². The number of aromatic amines is 1. The fourth-order valence-electron chi connectivity index (χ4n) is 1.04. The molecule has 1 aromatic rings. The molecular weight excluding hydrogens is 186 g/mol. The summed E-state index contributed by atoms with van der Waals surface area (Å²) in [5.41, 5.74) is 4.83. The number of H-pyrrole nitrogens is 1. The predicted octanol–water partition coefficient (Wildman–Crippen LogP) is -0.779. The summed E-state index contributed by atoms with van der Waals surface area (Å²) >= 11 is 0. The molecule has 1 aliphatic heterocycles. The van der Waals surface area contributed by atoms with E-state index >= 15 is 0 Å². The Bertz CT molecular complexity index is 501. The van der Waals surface area contributed by atoms with Crippen molar-refractivity contribution in [2.45, 2.75) is 6.92 Å². The number of nitrogen functional groups attached to an aromatic ring is 1. The van der Waals surface area contributed by atoms with Crippen molar-refractivity contribution in [3.63, 3.8) is 0 Å². The Hall–Kier alpha value is -2.18. The summed E-state index contributed by atoms with van der Waals surface area (Å²) < 4.78 is 0. The van der Waals surface area contributed by atoms with Crippen LogP contribution in [-0.4, -0.2) is 21.6 Å². The van der Waals surface area contributed by atoms with Crippen LogP contribution in [0, 0.1) is 0 Å². The van der Waals surface area contributed by atoms with Crippen LogP contribution in [0.2, 0.25) is 0 Å². The van der Waals surface area contributed by atoms with Crippen molar-refractivity contribution in [1.29, 1.82) is 0 Å². The number of amidine groups is 1. The van der Waals surface area contributed by atoms with Gasteiger partial charge in [0.2, 0.25) is 5.95 Å². The second-order valence-corrected chi connectivity index (χ2v) is 2.73. The van der Waals surface area contributed by atoms with Crippen molar-refractivity contribution in [3.8, 4) is 0 Å². The van der Waals surface area contributed by atoms with E-state index in [2.05, 4.69) is 20.3 Å². The lowest BCUT2D eigenvalue weighted by atomic mass is 10.4. The third-order valence-electron chi connectivity index (χ3n) is 1.64. The number of aromatic nitrogens is 2. The van der Waals surface area contributed by atoms with E-state index in [9.17, 15) is 9.59 Å². The van der Waals surface area contributed by atoms with Gasteiger partial charge in [0.25, 0.3) is 5.56 Å². The van der Waals surface area contributed by atoms with Gasteiger partial charge in [0.1, 0.15) is 0 Å². The van der Waals surface area contributed by atoms with E-state index in [1.165, 1.54) is 6.92 Å². The van der Waals surface area contributed by atoms with Gasteiger partial charge >= 0.3 is 0 Å². The topological polar surface area (TPSA) is 115 Å². The van der Waals surface area contributed by atoms with Gasteiger partial charge in [-0.2, -0.15) is 4.98 Å². The average Bonchev–Trinajstić information content (AvgIpc) is 2.47. The van der Waals surface area contributed by atoms with Gasteiger partial charge in [-0.3, -0.25) is 14.6 Å². The molecule has 0 unspecified atom stereocenters. The van der Waals surface area contributed by atoms with Gasteiger partial charge in [-0.05, 0) is 0 Å². The number of carbonyl (C=O) groups is 1. The fourth-order valence-corrected chi connectivity index (χ4v) is 1.04. The fraction of sp³-hybridized carbons (Fsp3) is 0.143. The maximum absolute atomic E-state index is 11.2. The Morgan fingerprint density at radius 3 is 2.86 bits per heavy atom. The van der Waals surface area contributed by atoms with Gasteiger partial charge in [-0.25, -0.2) is 10.3 Å². The van der Waals surface area contributed by atoms with Crippen LogP contribution in [-0.2, 0) is 4.79 Å². The SMILES string of the molecule is CC(=O)C1=Nc2nc(N)[nH]c(=O)c2[N]1. The molecular formula is C7H6N5O2. The Kier molecular flexibility index (Phi) is 1.60. The number of rotatable bonds is 1. The minimum Gasteiger partial charge on any atom is -0.369 e. The van der Waals surface area contributed by atoms with Crippen molar-refractivity contribution >= 4 is 29.1 Å². The molecule has 0 aliphatic carbocycles. The molecule has 1 radical (unpaired) electrons. The maximum Gasteiger partial charge on any atom is 0.280 e. The molecule has 71 valence electrons. The van der Waals surface area contributed by atoms with Crippen molar-refractivity contribution in [3.05, 3.63) is 10.4 Å².